The SMILES string of the molecule is COc1ccc(C(N)c2ccc(Br)o2)cc1Br. The number of halogens is 2. The number of methoxy groups -OCH3 is 1. The van der Waals surface area contributed by atoms with Gasteiger partial charge < -0.3 is 14.9 Å². The van der Waals surface area contributed by atoms with E-state index in [1.807, 2.05) is 30.3 Å². The van der Waals surface area contributed by atoms with Crippen LogP contribution in [0.3, 0.4) is 0 Å². The molecule has 5 heteroatoms. The molecule has 0 aliphatic heterocycles. The molecular formula is C12H11Br2NO2. The number of hydrogen-bond acceptors (Lipinski definition) is 3. The summed E-state index contributed by atoms with van der Waals surface area (Å²) in [5, 5.41) is 0. The zero-order chi connectivity index (χ0) is 12.4. The monoisotopic (exact) mass is 359 g/mol. The first-order valence-corrected chi connectivity index (χ1v) is 6.54. The van der Waals surface area contributed by atoms with Gasteiger partial charge in [-0.2, -0.15) is 0 Å². The number of nitrogens with two attached hydrogens (primary N) is 1. The minimum absolute atomic E-state index is 0.288. The van der Waals surface area contributed by atoms with Crippen molar-refractivity contribution in [3.05, 3.63) is 50.8 Å². The molecule has 1 aromatic heterocycles. The molecular weight excluding hydrogens is 350 g/mol. The molecule has 0 aliphatic carbocycles. The first kappa shape index (κ1) is 12.7. The van der Waals surface area contributed by atoms with E-state index in [-0.39, 0.29) is 6.04 Å². The van der Waals surface area contributed by atoms with Gasteiger partial charge in [0.05, 0.1) is 17.6 Å². The van der Waals surface area contributed by atoms with Gasteiger partial charge in [0.25, 0.3) is 0 Å². The topological polar surface area (TPSA) is 48.4 Å². The maximum atomic E-state index is 6.11. The number of ether oxygens (including phenoxy) is 1. The van der Waals surface area contributed by atoms with Crippen LogP contribution >= 0.6 is 31.9 Å². The zero-order valence-electron chi connectivity index (χ0n) is 9.11. The van der Waals surface area contributed by atoms with Crippen LogP contribution in [0.1, 0.15) is 17.4 Å². The average Bonchev–Trinajstić information content (AvgIpc) is 2.75. The summed E-state index contributed by atoms with van der Waals surface area (Å²) in [4.78, 5) is 0. The van der Waals surface area contributed by atoms with E-state index in [1.54, 1.807) is 7.11 Å². The quantitative estimate of drug-likeness (QED) is 0.903. The second-order valence-electron chi connectivity index (χ2n) is 3.51. The molecule has 2 rings (SSSR count). The summed E-state index contributed by atoms with van der Waals surface area (Å²) in [5.41, 5.74) is 7.07. The second kappa shape index (κ2) is 5.25. The highest BCUT2D eigenvalue weighted by atomic mass is 79.9. The first-order valence-electron chi connectivity index (χ1n) is 4.96. The molecule has 0 amide bonds. The Hall–Kier alpha value is -0.780. The molecule has 3 nitrogen and oxygen atoms in total. The zero-order valence-corrected chi connectivity index (χ0v) is 12.3. The Kier molecular flexibility index (Phi) is 3.91. The van der Waals surface area contributed by atoms with Crippen LogP contribution in [0.15, 0.2) is 43.9 Å². The maximum Gasteiger partial charge on any atom is 0.169 e. The van der Waals surface area contributed by atoms with Gasteiger partial charge in [-0.05, 0) is 61.7 Å². The maximum absolute atomic E-state index is 6.11. The molecule has 1 unspecified atom stereocenters. The van der Waals surface area contributed by atoms with Gasteiger partial charge in [0.15, 0.2) is 4.67 Å². The van der Waals surface area contributed by atoms with E-state index < -0.39 is 0 Å². The van der Waals surface area contributed by atoms with Gasteiger partial charge in [-0.15, -0.1) is 0 Å². The Morgan fingerprint density at radius 3 is 2.53 bits per heavy atom. The second-order valence-corrected chi connectivity index (χ2v) is 5.15. The van der Waals surface area contributed by atoms with Crippen molar-refractivity contribution in [2.75, 3.05) is 7.11 Å². The van der Waals surface area contributed by atoms with E-state index in [0.29, 0.717) is 10.4 Å². The molecule has 0 bridgehead atoms. The summed E-state index contributed by atoms with van der Waals surface area (Å²) in [7, 11) is 1.63. The molecule has 0 radical (unpaired) electrons. The lowest BCUT2D eigenvalue weighted by Crippen LogP contribution is -2.10. The third-order valence-corrected chi connectivity index (χ3v) is 3.48. The Bertz CT molecular complexity index is 525. The summed E-state index contributed by atoms with van der Waals surface area (Å²) in [6.45, 7) is 0. The highest BCUT2D eigenvalue weighted by Gasteiger charge is 2.14. The van der Waals surface area contributed by atoms with Crippen LogP contribution in [0.25, 0.3) is 0 Å². The molecule has 0 spiro atoms. The van der Waals surface area contributed by atoms with Crippen molar-refractivity contribution in [2.24, 2.45) is 5.73 Å². The molecule has 1 atom stereocenters. The lowest BCUT2D eigenvalue weighted by molar-refractivity contribution is 0.411. The molecule has 17 heavy (non-hydrogen) atoms. The van der Waals surface area contributed by atoms with Crippen molar-refractivity contribution in [3.8, 4) is 5.75 Å². The molecule has 1 heterocycles. The predicted molar refractivity (Wildman–Crippen MR) is 73.1 cm³/mol. The van der Waals surface area contributed by atoms with Crippen LogP contribution in [0.4, 0.5) is 0 Å². The van der Waals surface area contributed by atoms with Gasteiger partial charge in [0.2, 0.25) is 0 Å². The minimum atomic E-state index is -0.288. The minimum Gasteiger partial charge on any atom is -0.496 e. The number of furan rings is 1. The van der Waals surface area contributed by atoms with Gasteiger partial charge in [-0.25, -0.2) is 0 Å². The van der Waals surface area contributed by atoms with Crippen LogP contribution in [0.5, 0.6) is 5.75 Å². The Balaban J connectivity index is 2.31. The smallest absolute Gasteiger partial charge is 0.169 e. The summed E-state index contributed by atoms with van der Waals surface area (Å²) < 4.78 is 12.2. The van der Waals surface area contributed by atoms with Crippen LogP contribution < -0.4 is 10.5 Å². The summed E-state index contributed by atoms with van der Waals surface area (Å²) in [5.74, 6) is 1.50. The van der Waals surface area contributed by atoms with E-state index in [4.69, 9.17) is 14.9 Å². The highest BCUT2D eigenvalue weighted by molar-refractivity contribution is 9.10. The first-order chi connectivity index (χ1) is 8.11. The number of benzene rings is 1. The van der Waals surface area contributed by atoms with Crippen LogP contribution in [-0.4, -0.2) is 7.11 Å². The summed E-state index contributed by atoms with van der Waals surface area (Å²) in [6.07, 6.45) is 0. The van der Waals surface area contributed by atoms with E-state index in [2.05, 4.69) is 31.9 Å². The lowest BCUT2D eigenvalue weighted by atomic mass is 10.1. The highest BCUT2D eigenvalue weighted by Crippen LogP contribution is 2.30. The molecule has 0 aliphatic rings. The van der Waals surface area contributed by atoms with Gasteiger partial charge in [-0.3, -0.25) is 0 Å². The van der Waals surface area contributed by atoms with Crippen molar-refractivity contribution in [3.63, 3.8) is 0 Å². The molecule has 0 fully saturated rings. The fourth-order valence-electron chi connectivity index (χ4n) is 1.54. The summed E-state index contributed by atoms with van der Waals surface area (Å²) in [6, 6.07) is 9.12. The van der Waals surface area contributed by atoms with Gasteiger partial charge in [0.1, 0.15) is 11.5 Å². The van der Waals surface area contributed by atoms with E-state index >= 15 is 0 Å². The molecule has 2 aromatic rings. The average molecular weight is 361 g/mol. The largest absolute Gasteiger partial charge is 0.496 e. The standard InChI is InChI=1S/C12H11Br2NO2/c1-16-9-3-2-7(6-8(9)13)12(15)10-4-5-11(14)17-10/h2-6,12H,15H2,1H3. The van der Waals surface area contributed by atoms with Crippen LogP contribution in [0.2, 0.25) is 0 Å². The predicted octanol–water partition coefficient (Wildman–Crippen LogP) is 3.86. The Morgan fingerprint density at radius 2 is 2.00 bits per heavy atom. The molecule has 0 saturated carbocycles. The van der Waals surface area contributed by atoms with E-state index in [0.717, 1.165) is 15.8 Å². The van der Waals surface area contributed by atoms with Crippen molar-refractivity contribution in [2.45, 2.75) is 6.04 Å². The third kappa shape index (κ3) is 2.73. The van der Waals surface area contributed by atoms with Crippen LogP contribution in [0, 0.1) is 0 Å². The van der Waals surface area contributed by atoms with Crippen molar-refractivity contribution >= 4 is 31.9 Å². The molecule has 2 N–H and O–H groups in total. The van der Waals surface area contributed by atoms with Crippen molar-refractivity contribution in [1.82, 2.24) is 0 Å². The lowest BCUT2D eigenvalue weighted by Gasteiger charge is -2.11. The summed E-state index contributed by atoms with van der Waals surface area (Å²) >= 11 is 6.69. The molecule has 1 aromatic carbocycles. The van der Waals surface area contributed by atoms with Crippen LogP contribution in [-0.2, 0) is 0 Å². The normalized spacial score (nSPS) is 12.5. The Morgan fingerprint density at radius 1 is 1.24 bits per heavy atom. The van der Waals surface area contributed by atoms with E-state index in [1.165, 1.54) is 0 Å². The molecule has 90 valence electrons. The van der Waals surface area contributed by atoms with Gasteiger partial charge in [0, 0.05) is 0 Å². The fourth-order valence-corrected chi connectivity index (χ4v) is 2.41. The van der Waals surface area contributed by atoms with Gasteiger partial charge >= 0.3 is 0 Å². The Labute approximate surface area is 116 Å². The fraction of sp³-hybridized carbons (Fsp3) is 0.167. The van der Waals surface area contributed by atoms with E-state index in [9.17, 15) is 0 Å². The number of hydrogen-bond donors (Lipinski definition) is 1. The van der Waals surface area contributed by atoms with Gasteiger partial charge in [-0.1, -0.05) is 6.07 Å². The van der Waals surface area contributed by atoms with Crippen molar-refractivity contribution < 1.29 is 9.15 Å². The number of rotatable bonds is 3. The third-order valence-electron chi connectivity index (χ3n) is 2.44. The van der Waals surface area contributed by atoms with Crippen molar-refractivity contribution in [1.29, 1.82) is 0 Å². The molecule has 0 saturated heterocycles.